The van der Waals surface area contributed by atoms with Gasteiger partial charge in [0.2, 0.25) is 0 Å². The Morgan fingerprint density at radius 3 is 2.61 bits per heavy atom. The maximum absolute atomic E-state index is 6.67. The Kier molecular flexibility index (Phi) is 3.11. The number of aryl methyl sites for hydroxylation is 1. The number of thiophene rings is 1. The summed E-state index contributed by atoms with van der Waals surface area (Å²) in [6, 6.07) is 16.9. The lowest BCUT2D eigenvalue weighted by atomic mass is 9.96. The zero-order chi connectivity index (χ0) is 12.5. The average molecular weight is 273 g/mol. The third-order valence-electron chi connectivity index (χ3n) is 3.24. The quantitative estimate of drug-likeness (QED) is 0.538. The standard InChI is InChI=1S/C16H13ClS/c1-11-8-9-12-5-2-3-6-13(12)15(11)16(17)14-7-4-10-18-14/h2-10,16H,1H3. The summed E-state index contributed by atoms with van der Waals surface area (Å²) in [7, 11) is 0. The Hall–Kier alpha value is -1.31. The van der Waals surface area contributed by atoms with Gasteiger partial charge in [0.1, 0.15) is 0 Å². The molecule has 0 aliphatic heterocycles. The molecule has 0 spiro atoms. The number of rotatable bonds is 2. The number of hydrogen-bond acceptors (Lipinski definition) is 1. The van der Waals surface area contributed by atoms with E-state index in [1.165, 1.54) is 26.8 Å². The van der Waals surface area contributed by atoms with Gasteiger partial charge in [-0.15, -0.1) is 22.9 Å². The van der Waals surface area contributed by atoms with Crippen LogP contribution in [0.4, 0.5) is 0 Å². The van der Waals surface area contributed by atoms with Crippen LogP contribution in [0.25, 0.3) is 10.8 Å². The van der Waals surface area contributed by atoms with E-state index in [0.717, 1.165) is 0 Å². The van der Waals surface area contributed by atoms with Crippen molar-refractivity contribution in [2.45, 2.75) is 12.3 Å². The van der Waals surface area contributed by atoms with Gasteiger partial charge in [0.05, 0.1) is 5.38 Å². The van der Waals surface area contributed by atoms with Gasteiger partial charge in [-0.2, -0.15) is 0 Å². The van der Waals surface area contributed by atoms with Crippen LogP contribution in [0, 0.1) is 6.92 Å². The van der Waals surface area contributed by atoms with Crippen LogP contribution in [-0.2, 0) is 0 Å². The summed E-state index contributed by atoms with van der Waals surface area (Å²) < 4.78 is 0. The zero-order valence-electron chi connectivity index (χ0n) is 10.1. The lowest BCUT2D eigenvalue weighted by Crippen LogP contribution is -1.95. The van der Waals surface area contributed by atoms with E-state index in [2.05, 4.69) is 60.8 Å². The molecule has 0 N–H and O–H groups in total. The van der Waals surface area contributed by atoms with E-state index in [-0.39, 0.29) is 5.38 Å². The summed E-state index contributed by atoms with van der Waals surface area (Å²) in [4.78, 5) is 1.20. The third kappa shape index (κ3) is 1.94. The van der Waals surface area contributed by atoms with Crippen LogP contribution in [0.15, 0.2) is 53.9 Å². The second-order valence-electron chi connectivity index (χ2n) is 4.40. The number of halogens is 1. The van der Waals surface area contributed by atoms with E-state index in [4.69, 9.17) is 11.6 Å². The van der Waals surface area contributed by atoms with Crippen LogP contribution in [0.5, 0.6) is 0 Å². The minimum absolute atomic E-state index is 0.0592. The molecule has 18 heavy (non-hydrogen) atoms. The minimum Gasteiger partial charge on any atom is -0.147 e. The predicted octanol–water partition coefficient (Wildman–Crippen LogP) is 5.54. The van der Waals surface area contributed by atoms with Crippen molar-refractivity contribution in [3.63, 3.8) is 0 Å². The van der Waals surface area contributed by atoms with Gasteiger partial charge in [-0.1, -0.05) is 42.5 Å². The Morgan fingerprint density at radius 1 is 1.00 bits per heavy atom. The molecule has 3 aromatic rings. The molecule has 0 saturated heterocycles. The largest absolute Gasteiger partial charge is 0.147 e. The summed E-state index contributed by atoms with van der Waals surface area (Å²) >= 11 is 8.38. The highest BCUT2D eigenvalue weighted by Crippen LogP contribution is 2.37. The van der Waals surface area contributed by atoms with Crippen molar-refractivity contribution in [1.29, 1.82) is 0 Å². The zero-order valence-corrected chi connectivity index (χ0v) is 11.6. The molecule has 2 heteroatoms. The molecule has 2 aromatic carbocycles. The molecule has 0 aliphatic rings. The van der Waals surface area contributed by atoms with Gasteiger partial charge in [0, 0.05) is 4.88 Å². The summed E-state index contributed by atoms with van der Waals surface area (Å²) in [5.74, 6) is 0. The second kappa shape index (κ2) is 4.75. The van der Waals surface area contributed by atoms with Gasteiger partial charge in [0.25, 0.3) is 0 Å². The van der Waals surface area contributed by atoms with Crippen molar-refractivity contribution in [2.75, 3.05) is 0 Å². The SMILES string of the molecule is Cc1ccc2ccccc2c1C(Cl)c1cccs1. The van der Waals surface area contributed by atoms with Gasteiger partial charge in [0.15, 0.2) is 0 Å². The molecule has 0 amide bonds. The number of fused-ring (bicyclic) bond motifs is 1. The summed E-state index contributed by atoms with van der Waals surface area (Å²) in [6.07, 6.45) is 0. The Morgan fingerprint density at radius 2 is 1.83 bits per heavy atom. The summed E-state index contributed by atoms with van der Waals surface area (Å²) in [6.45, 7) is 2.13. The van der Waals surface area contributed by atoms with Crippen LogP contribution < -0.4 is 0 Å². The minimum atomic E-state index is -0.0592. The molecule has 0 fully saturated rings. The van der Waals surface area contributed by atoms with Crippen LogP contribution in [0.2, 0.25) is 0 Å². The van der Waals surface area contributed by atoms with E-state index in [1.54, 1.807) is 11.3 Å². The van der Waals surface area contributed by atoms with Crippen molar-refractivity contribution in [3.05, 3.63) is 69.9 Å². The van der Waals surface area contributed by atoms with Gasteiger partial charge >= 0.3 is 0 Å². The molecular weight excluding hydrogens is 260 g/mol. The number of benzene rings is 2. The van der Waals surface area contributed by atoms with Crippen molar-refractivity contribution < 1.29 is 0 Å². The van der Waals surface area contributed by atoms with Crippen LogP contribution in [0.1, 0.15) is 21.4 Å². The van der Waals surface area contributed by atoms with Crippen LogP contribution in [-0.4, -0.2) is 0 Å². The lowest BCUT2D eigenvalue weighted by molar-refractivity contribution is 1.17. The fourth-order valence-corrected chi connectivity index (χ4v) is 3.54. The molecule has 0 bridgehead atoms. The van der Waals surface area contributed by atoms with E-state index in [1.807, 2.05) is 0 Å². The van der Waals surface area contributed by atoms with Crippen molar-refractivity contribution in [2.24, 2.45) is 0 Å². The topological polar surface area (TPSA) is 0 Å². The maximum Gasteiger partial charge on any atom is 0.0936 e. The number of hydrogen-bond donors (Lipinski definition) is 0. The first kappa shape index (κ1) is 11.8. The first-order valence-corrected chi connectivity index (χ1v) is 7.24. The van der Waals surface area contributed by atoms with Gasteiger partial charge in [-0.3, -0.25) is 0 Å². The Balaban J connectivity index is 2.24. The number of alkyl halides is 1. The highest BCUT2D eigenvalue weighted by Gasteiger charge is 2.16. The molecule has 3 rings (SSSR count). The van der Waals surface area contributed by atoms with E-state index in [9.17, 15) is 0 Å². The fraction of sp³-hybridized carbons (Fsp3) is 0.125. The van der Waals surface area contributed by atoms with Gasteiger partial charge in [-0.05, 0) is 40.3 Å². The predicted molar refractivity (Wildman–Crippen MR) is 80.7 cm³/mol. The monoisotopic (exact) mass is 272 g/mol. The van der Waals surface area contributed by atoms with Crippen molar-refractivity contribution in [1.82, 2.24) is 0 Å². The smallest absolute Gasteiger partial charge is 0.0936 e. The molecular formula is C16H13ClS. The average Bonchev–Trinajstić information content (AvgIpc) is 2.92. The molecule has 1 aromatic heterocycles. The normalized spacial score (nSPS) is 12.8. The van der Waals surface area contributed by atoms with E-state index >= 15 is 0 Å². The molecule has 1 unspecified atom stereocenters. The third-order valence-corrected chi connectivity index (χ3v) is 4.75. The fourth-order valence-electron chi connectivity index (χ4n) is 2.32. The molecule has 0 nitrogen and oxygen atoms in total. The molecule has 0 aliphatic carbocycles. The highest BCUT2D eigenvalue weighted by molar-refractivity contribution is 7.10. The maximum atomic E-state index is 6.67. The first-order valence-electron chi connectivity index (χ1n) is 5.93. The lowest BCUT2D eigenvalue weighted by Gasteiger charge is -2.14. The molecule has 90 valence electrons. The van der Waals surface area contributed by atoms with Crippen molar-refractivity contribution >= 4 is 33.7 Å². The van der Waals surface area contributed by atoms with Gasteiger partial charge in [-0.25, -0.2) is 0 Å². The molecule has 1 heterocycles. The highest BCUT2D eigenvalue weighted by atomic mass is 35.5. The second-order valence-corrected chi connectivity index (χ2v) is 5.81. The van der Waals surface area contributed by atoms with Crippen LogP contribution in [0.3, 0.4) is 0 Å². The van der Waals surface area contributed by atoms with Crippen molar-refractivity contribution in [3.8, 4) is 0 Å². The Bertz CT molecular complexity index is 671. The summed E-state index contributed by atoms with van der Waals surface area (Å²) in [5.41, 5.74) is 2.49. The first-order chi connectivity index (χ1) is 8.77. The Labute approximate surface area is 116 Å². The molecule has 1 atom stereocenters. The van der Waals surface area contributed by atoms with Crippen LogP contribution >= 0.6 is 22.9 Å². The summed E-state index contributed by atoms with van der Waals surface area (Å²) in [5, 5.41) is 4.52. The van der Waals surface area contributed by atoms with E-state index < -0.39 is 0 Å². The van der Waals surface area contributed by atoms with Gasteiger partial charge < -0.3 is 0 Å². The molecule has 0 radical (unpaired) electrons. The molecule has 0 saturated carbocycles. The van der Waals surface area contributed by atoms with E-state index in [0.29, 0.717) is 0 Å².